The van der Waals surface area contributed by atoms with Crippen LogP contribution in [0.25, 0.3) is 0 Å². The molecule has 1 aromatic heterocycles. The summed E-state index contributed by atoms with van der Waals surface area (Å²) in [5, 5.41) is 22.6. The van der Waals surface area contributed by atoms with E-state index in [0.717, 1.165) is 5.56 Å². The Morgan fingerprint density at radius 2 is 2.38 bits per heavy atom. The molecule has 88 valence electrons. The number of aliphatic hydroxyl groups excluding tert-OH is 1. The highest BCUT2D eigenvalue weighted by Crippen LogP contribution is 2.17. The number of nitro groups is 1. The highest BCUT2D eigenvalue weighted by Gasteiger charge is 2.09. The van der Waals surface area contributed by atoms with Crippen molar-refractivity contribution < 1.29 is 10.0 Å². The number of hydrogen-bond acceptors (Lipinski definition) is 5. The van der Waals surface area contributed by atoms with E-state index in [9.17, 15) is 10.1 Å². The molecule has 6 nitrogen and oxygen atoms in total. The Labute approximate surface area is 93.5 Å². The lowest BCUT2D eigenvalue weighted by Crippen LogP contribution is -2.11. The fourth-order valence-corrected chi connectivity index (χ4v) is 1.24. The van der Waals surface area contributed by atoms with Crippen LogP contribution in [-0.2, 0) is 0 Å². The SMILES string of the molecule is Cc1cc([N+](=O)[O-])cnc1NCCC(C)O. The van der Waals surface area contributed by atoms with E-state index in [2.05, 4.69) is 10.3 Å². The van der Waals surface area contributed by atoms with Crippen molar-refractivity contribution in [1.29, 1.82) is 0 Å². The molecule has 0 radical (unpaired) electrons. The minimum atomic E-state index is -0.473. The van der Waals surface area contributed by atoms with Crippen molar-refractivity contribution in [3.63, 3.8) is 0 Å². The van der Waals surface area contributed by atoms with Gasteiger partial charge in [0.2, 0.25) is 0 Å². The van der Waals surface area contributed by atoms with Gasteiger partial charge in [-0.3, -0.25) is 10.1 Å². The maximum absolute atomic E-state index is 10.5. The number of aryl methyl sites for hydroxylation is 1. The largest absolute Gasteiger partial charge is 0.393 e. The average Bonchev–Trinajstić information content (AvgIpc) is 2.19. The van der Waals surface area contributed by atoms with Gasteiger partial charge in [0.25, 0.3) is 5.69 Å². The monoisotopic (exact) mass is 225 g/mol. The Morgan fingerprint density at radius 1 is 1.69 bits per heavy atom. The first-order chi connectivity index (χ1) is 7.50. The molecule has 0 spiro atoms. The predicted octanol–water partition coefficient (Wildman–Crippen LogP) is 1.48. The quantitative estimate of drug-likeness (QED) is 0.585. The van der Waals surface area contributed by atoms with Crippen molar-refractivity contribution in [3.05, 3.63) is 27.9 Å². The Hall–Kier alpha value is -1.69. The van der Waals surface area contributed by atoms with Gasteiger partial charge < -0.3 is 10.4 Å². The molecule has 2 N–H and O–H groups in total. The van der Waals surface area contributed by atoms with Crippen LogP contribution in [0.2, 0.25) is 0 Å². The summed E-state index contributed by atoms with van der Waals surface area (Å²) in [6.45, 7) is 4.05. The lowest BCUT2D eigenvalue weighted by molar-refractivity contribution is -0.385. The molecule has 0 aliphatic rings. The van der Waals surface area contributed by atoms with Gasteiger partial charge in [-0.2, -0.15) is 0 Å². The Kier molecular flexibility index (Phi) is 4.19. The normalized spacial score (nSPS) is 12.2. The first-order valence-corrected chi connectivity index (χ1v) is 5.03. The summed E-state index contributed by atoms with van der Waals surface area (Å²) in [6, 6.07) is 1.47. The van der Waals surface area contributed by atoms with E-state index in [1.807, 2.05) is 0 Å². The molecule has 0 fully saturated rings. The zero-order chi connectivity index (χ0) is 12.1. The molecule has 1 atom stereocenters. The van der Waals surface area contributed by atoms with Gasteiger partial charge in [-0.25, -0.2) is 4.98 Å². The maximum Gasteiger partial charge on any atom is 0.287 e. The second kappa shape index (κ2) is 5.41. The summed E-state index contributed by atoms with van der Waals surface area (Å²) >= 11 is 0. The molecular formula is C10H15N3O3. The van der Waals surface area contributed by atoms with Gasteiger partial charge in [0.1, 0.15) is 12.0 Å². The summed E-state index contributed by atoms with van der Waals surface area (Å²) in [6.07, 6.45) is 1.46. The first-order valence-electron chi connectivity index (χ1n) is 5.03. The van der Waals surface area contributed by atoms with Crippen molar-refractivity contribution in [1.82, 2.24) is 4.98 Å². The molecule has 0 aliphatic heterocycles. The Bertz CT molecular complexity index is 380. The van der Waals surface area contributed by atoms with Crippen LogP contribution in [0, 0.1) is 17.0 Å². The number of nitrogens with one attached hydrogen (secondary N) is 1. The highest BCUT2D eigenvalue weighted by atomic mass is 16.6. The van der Waals surface area contributed by atoms with Crippen LogP contribution in [-0.4, -0.2) is 27.7 Å². The third-order valence-electron chi connectivity index (χ3n) is 2.13. The number of pyridine rings is 1. The molecule has 1 unspecified atom stereocenters. The number of anilines is 1. The van der Waals surface area contributed by atoms with Crippen LogP contribution in [0.1, 0.15) is 18.9 Å². The van der Waals surface area contributed by atoms with Gasteiger partial charge in [-0.1, -0.05) is 0 Å². The van der Waals surface area contributed by atoms with E-state index in [1.54, 1.807) is 13.8 Å². The fourth-order valence-electron chi connectivity index (χ4n) is 1.24. The summed E-state index contributed by atoms with van der Waals surface area (Å²) in [4.78, 5) is 14.0. The summed E-state index contributed by atoms with van der Waals surface area (Å²) in [5.74, 6) is 0.617. The lowest BCUT2D eigenvalue weighted by atomic mass is 10.2. The fraction of sp³-hybridized carbons (Fsp3) is 0.500. The standard InChI is InChI=1S/C10H15N3O3/c1-7-5-9(13(15)16)6-12-10(7)11-4-3-8(2)14/h5-6,8,14H,3-4H2,1-2H3,(H,11,12). The molecule has 0 bridgehead atoms. The molecule has 1 heterocycles. The van der Waals surface area contributed by atoms with Gasteiger partial charge in [0, 0.05) is 12.6 Å². The third kappa shape index (κ3) is 3.47. The predicted molar refractivity (Wildman–Crippen MR) is 60.4 cm³/mol. The number of aromatic nitrogens is 1. The van der Waals surface area contributed by atoms with Crippen LogP contribution >= 0.6 is 0 Å². The molecule has 1 rings (SSSR count). The minimum absolute atomic E-state index is 0.0152. The summed E-state index contributed by atoms with van der Waals surface area (Å²) < 4.78 is 0. The molecule has 1 aromatic rings. The smallest absolute Gasteiger partial charge is 0.287 e. The maximum atomic E-state index is 10.5. The van der Waals surface area contributed by atoms with E-state index in [4.69, 9.17) is 5.11 Å². The van der Waals surface area contributed by atoms with Crippen LogP contribution in [0.15, 0.2) is 12.3 Å². The molecule has 0 saturated carbocycles. The summed E-state index contributed by atoms with van der Waals surface area (Å²) in [7, 11) is 0. The number of rotatable bonds is 5. The van der Waals surface area contributed by atoms with Gasteiger partial charge in [0.15, 0.2) is 0 Å². The molecule has 0 saturated heterocycles. The van der Waals surface area contributed by atoms with E-state index >= 15 is 0 Å². The molecule has 6 heteroatoms. The lowest BCUT2D eigenvalue weighted by Gasteiger charge is -2.09. The van der Waals surface area contributed by atoms with E-state index < -0.39 is 4.92 Å². The Balaban J connectivity index is 2.64. The number of hydrogen-bond donors (Lipinski definition) is 2. The molecular weight excluding hydrogens is 210 g/mol. The zero-order valence-corrected chi connectivity index (χ0v) is 9.30. The Morgan fingerprint density at radius 3 is 2.88 bits per heavy atom. The molecule has 16 heavy (non-hydrogen) atoms. The topological polar surface area (TPSA) is 88.3 Å². The van der Waals surface area contributed by atoms with Crippen LogP contribution < -0.4 is 5.32 Å². The van der Waals surface area contributed by atoms with Crippen LogP contribution in [0.4, 0.5) is 11.5 Å². The molecule has 0 aliphatic carbocycles. The van der Waals surface area contributed by atoms with E-state index in [1.165, 1.54) is 12.3 Å². The van der Waals surface area contributed by atoms with Gasteiger partial charge in [-0.15, -0.1) is 0 Å². The second-order valence-corrected chi connectivity index (χ2v) is 3.68. The van der Waals surface area contributed by atoms with Gasteiger partial charge >= 0.3 is 0 Å². The average molecular weight is 225 g/mol. The van der Waals surface area contributed by atoms with Crippen molar-refractivity contribution in [2.24, 2.45) is 0 Å². The third-order valence-corrected chi connectivity index (χ3v) is 2.13. The van der Waals surface area contributed by atoms with Crippen LogP contribution in [0.5, 0.6) is 0 Å². The van der Waals surface area contributed by atoms with Crippen molar-refractivity contribution in [2.45, 2.75) is 26.4 Å². The second-order valence-electron chi connectivity index (χ2n) is 3.68. The minimum Gasteiger partial charge on any atom is -0.393 e. The van der Waals surface area contributed by atoms with Crippen molar-refractivity contribution in [3.8, 4) is 0 Å². The van der Waals surface area contributed by atoms with E-state index in [-0.39, 0.29) is 11.8 Å². The number of aliphatic hydroxyl groups is 1. The molecule has 0 amide bonds. The molecule has 0 aromatic carbocycles. The van der Waals surface area contributed by atoms with Gasteiger partial charge in [-0.05, 0) is 25.8 Å². The summed E-state index contributed by atoms with van der Waals surface area (Å²) in [5.41, 5.74) is 0.707. The zero-order valence-electron chi connectivity index (χ0n) is 9.30. The van der Waals surface area contributed by atoms with E-state index in [0.29, 0.717) is 18.8 Å². The first kappa shape index (κ1) is 12.4. The number of nitrogens with zero attached hydrogens (tertiary/aromatic N) is 2. The van der Waals surface area contributed by atoms with Gasteiger partial charge in [0.05, 0.1) is 11.0 Å². The van der Waals surface area contributed by atoms with Crippen molar-refractivity contribution in [2.75, 3.05) is 11.9 Å². The highest BCUT2D eigenvalue weighted by molar-refractivity contribution is 5.48. The van der Waals surface area contributed by atoms with Crippen molar-refractivity contribution >= 4 is 11.5 Å². The van der Waals surface area contributed by atoms with Crippen LogP contribution in [0.3, 0.4) is 0 Å².